The van der Waals surface area contributed by atoms with E-state index in [1.54, 1.807) is 6.20 Å². The summed E-state index contributed by atoms with van der Waals surface area (Å²) >= 11 is 0. The summed E-state index contributed by atoms with van der Waals surface area (Å²) in [5.41, 5.74) is 2.52. The van der Waals surface area contributed by atoms with Gasteiger partial charge in [-0.15, -0.1) is 0 Å². The second kappa shape index (κ2) is 2.06. The number of ether oxygens (including phenoxy) is 1. The van der Waals surface area contributed by atoms with E-state index >= 15 is 0 Å². The van der Waals surface area contributed by atoms with Gasteiger partial charge in [-0.2, -0.15) is 0 Å². The summed E-state index contributed by atoms with van der Waals surface area (Å²) in [4.78, 5) is 4.03. The Kier molecular flexibility index (Phi) is 1.21. The molecule has 0 spiro atoms. The van der Waals surface area contributed by atoms with E-state index < -0.39 is 0 Å². The third kappa shape index (κ3) is 0.727. The van der Waals surface area contributed by atoms with Crippen LogP contribution in [0.3, 0.4) is 0 Å². The van der Waals surface area contributed by atoms with E-state index in [2.05, 4.69) is 4.98 Å². The minimum absolute atomic E-state index is 0.240. The molecule has 0 bridgehead atoms. The first-order valence-electron chi connectivity index (χ1n) is 3.42. The number of nitrogens with zero attached hydrogens (tertiary/aromatic N) is 1. The SMILES string of the molecule is C[C@@H]1OCc2ccncc21. The fourth-order valence-electron chi connectivity index (χ4n) is 1.24. The predicted octanol–water partition coefficient (Wildman–Crippen LogP) is 1.67. The number of aromatic nitrogens is 1. The van der Waals surface area contributed by atoms with Crippen LogP contribution in [0, 0.1) is 0 Å². The van der Waals surface area contributed by atoms with Gasteiger partial charge in [0.2, 0.25) is 0 Å². The molecule has 0 saturated heterocycles. The third-order valence-corrected chi connectivity index (χ3v) is 1.87. The van der Waals surface area contributed by atoms with Crippen LogP contribution in [-0.2, 0) is 11.3 Å². The molecule has 10 heavy (non-hydrogen) atoms. The molecule has 1 aromatic rings. The van der Waals surface area contributed by atoms with Crippen LogP contribution < -0.4 is 0 Å². The summed E-state index contributed by atoms with van der Waals surface area (Å²) in [6.45, 7) is 2.80. The lowest BCUT2D eigenvalue weighted by Gasteiger charge is -1.99. The van der Waals surface area contributed by atoms with Gasteiger partial charge in [-0.05, 0) is 18.6 Å². The molecule has 0 aromatic carbocycles. The van der Waals surface area contributed by atoms with Gasteiger partial charge in [-0.25, -0.2) is 0 Å². The summed E-state index contributed by atoms with van der Waals surface area (Å²) < 4.78 is 5.38. The maximum absolute atomic E-state index is 5.38. The van der Waals surface area contributed by atoms with Gasteiger partial charge >= 0.3 is 0 Å². The highest BCUT2D eigenvalue weighted by molar-refractivity contribution is 5.27. The van der Waals surface area contributed by atoms with Crippen LogP contribution in [-0.4, -0.2) is 4.98 Å². The molecule has 0 N–H and O–H groups in total. The van der Waals surface area contributed by atoms with Gasteiger partial charge in [0.15, 0.2) is 0 Å². The normalized spacial score (nSPS) is 22.7. The van der Waals surface area contributed by atoms with Crippen molar-refractivity contribution < 1.29 is 4.74 Å². The van der Waals surface area contributed by atoms with E-state index in [4.69, 9.17) is 4.74 Å². The van der Waals surface area contributed by atoms with Crippen molar-refractivity contribution in [2.45, 2.75) is 19.6 Å². The van der Waals surface area contributed by atoms with Gasteiger partial charge in [0.1, 0.15) is 0 Å². The lowest BCUT2D eigenvalue weighted by molar-refractivity contribution is 0.0795. The number of fused-ring (bicyclic) bond motifs is 1. The summed E-state index contributed by atoms with van der Waals surface area (Å²) in [5.74, 6) is 0. The second-order valence-corrected chi connectivity index (χ2v) is 2.53. The standard InChI is InChI=1S/C8H9NO/c1-6-8-4-9-3-2-7(8)5-10-6/h2-4,6H,5H2,1H3/t6-/m0/s1. The van der Waals surface area contributed by atoms with Crippen LogP contribution in [0.4, 0.5) is 0 Å². The second-order valence-electron chi connectivity index (χ2n) is 2.53. The van der Waals surface area contributed by atoms with Gasteiger partial charge in [-0.1, -0.05) is 0 Å². The topological polar surface area (TPSA) is 22.1 Å². The van der Waals surface area contributed by atoms with Crippen LogP contribution in [0.15, 0.2) is 18.5 Å². The zero-order valence-electron chi connectivity index (χ0n) is 5.87. The van der Waals surface area contributed by atoms with Crippen molar-refractivity contribution in [3.63, 3.8) is 0 Å². The lowest BCUT2D eigenvalue weighted by atomic mass is 10.1. The number of hydrogen-bond acceptors (Lipinski definition) is 2. The zero-order valence-corrected chi connectivity index (χ0v) is 5.87. The smallest absolute Gasteiger partial charge is 0.0819 e. The van der Waals surface area contributed by atoms with Gasteiger partial charge in [-0.3, -0.25) is 4.98 Å². The molecular weight excluding hydrogens is 126 g/mol. The van der Waals surface area contributed by atoms with E-state index in [0.29, 0.717) is 0 Å². The first kappa shape index (κ1) is 5.86. The van der Waals surface area contributed by atoms with Crippen molar-refractivity contribution in [3.8, 4) is 0 Å². The van der Waals surface area contributed by atoms with Gasteiger partial charge in [0.25, 0.3) is 0 Å². The third-order valence-electron chi connectivity index (χ3n) is 1.87. The minimum atomic E-state index is 0.240. The van der Waals surface area contributed by atoms with Crippen LogP contribution in [0.1, 0.15) is 24.2 Å². The molecule has 2 rings (SSSR count). The Morgan fingerprint density at radius 2 is 2.60 bits per heavy atom. The number of pyridine rings is 1. The van der Waals surface area contributed by atoms with Crippen molar-refractivity contribution in [1.82, 2.24) is 4.98 Å². The molecule has 2 heterocycles. The molecule has 1 aromatic heterocycles. The Labute approximate surface area is 59.9 Å². The van der Waals surface area contributed by atoms with E-state index in [-0.39, 0.29) is 6.10 Å². The molecule has 1 atom stereocenters. The van der Waals surface area contributed by atoms with Crippen LogP contribution in [0.25, 0.3) is 0 Å². The van der Waals surface area contributed by atoms with Crippen molar-refractivity contribution in [2.75, 3.05) is 0 Å². The maximum Gasteiger partial charge on any atom is 0.0819 e. The summed E-state index contributed by atoms with van der Waals surface area (Å²) in [7, 11) is 0. The highest BCUT2D eigenvalue weighted by Crippen LogP contribution is 2.28. The van der Waals surface area contributed by atoms with Crippen LogP contribution >= 0.6 is 0 Å². The molecule has 0 unspecified atom stereocenters. The molecule has 0 amide bonds. The van der Waals surface area contributed by atoms with E-state index in [0.717, 1.165) is 6.61 Å². The van der Waals surface area contributed by atoms with Crippen molar-refractivity contribution in [1.29, 1.82) is 0 Å². The van der Waals surface area contributed by atoms with Crippen molar-refractivity contribution >= 4 is 0 Å². The summed E-state index contributed by atoms with van der Waals surface area (Å²) in [6.07, 6.45) is 3.93. The zero-order chi connectivity index (χ0) is 6.97. The molecule has 2 heteroatoms. The Hall–Kier alpha value is -0.890. The van der Waals surface area contributed by atoms with Gasteiger partial charge < -0.3 is 4.74 Å². The molecule has 0 aliphatic carbocycles. The largest absolute Gasteiger partial charge is 0.369 e. The molecule has 1 aliphatic heterocycles. The van der Waals surface area contributed by atoms with E-state index in [1.165, 1.54) is 11.1 Å². The fourth-order valence-corrected chi connectivity index (χ4v) is 1.24. The average molecular weight is 135 g/mol. The molecule has 0 fully saturated rings. The lowest BCUT2D eigenvalue weighted by Crippen LogP contribution is -1.87. The first-order valence-corrected chi connectivity index (χ1v) is 3.42. The van der Waals surface area contributed by atoms with Gasteiger partial charge in [0.05, 0.1) is 12.7 Å². The Morgan fingerprint density at radius 3 is 3.40 bits per heavy atom. The number of hydrogen-bond donors (Lipinski definition) is 0. The highest BCUT2D eigenvalue weighted by Gasteiger charge is 2.17. The number of rotatable bonds is 0. The Balaban J connectivity index is 2.51. The van der Waals surface area contributed by atoms with Crippen LogP contribution in [0.2, 0.25) is 0 Å². The van der Waals surface area contributed by atoms with E-state index in [9.17, 15) is 0 Å². The monoisotopic (exact) mass is 135 g/mol. The van der Waals surface area contributed by atoms with Gasteiger partial charge in [0, 0.05) is 18.0 Å². The summed E-state index contributed by atoms with van der Waals surface area (Å²) in [5, 5.41) is 0. The average Bonchev–Trinajstić information content (AvgIpc) is 2.34. The highest BCUT2D eigenvalue weighted by atomic mass is 16.5. The molecule has 52 valence electrons. The predicted molar refractivity (Wildman–Crippen MR) is 37.4 cm³/mol. The molecular formula is C8H9NO. The molecule has 0 radical (unpaired) electrons. The molecule has 0 saturated carbocycles. The Morgan fingerprint density at radius 1 is 1.70 bits per heavy atom. The minimum Gasteiger partial charge on any atom is -0.369 e. The van der Waals surface area contributed by atoms with Crippen molar-refractivity contribution in [2.24, 2.45) is 0 Å². The molecule has 2 nitrogen and oxygen atoms in total. The fraction of sp³-hybridized carbons (Fsp3) is 0.375. The van der Waals surface area contributed by atoms with Crippen LogP contribution in [0.5, 0.6) is 0 Å². The molecule has 1 aliphatic rings. The first-order chi connectivity index (χ1) is 4.88. The quantitative estimate of drug-likeness (QED) is 0.540. The Bertz CT molecular complexity index is 247. The van der Waals surface area contributed by atoms with Crippen molar-refractivity contribution in [3.05, 3.63) is 29.6 Å². The van der Waals surface area contributed by atoms with E-state index in [1.807, 2.05) is 19.2 Å². The summed E-state index contributed by atoms with van der Waals surface area (Å²) in [6, 6.07) is 2.01. The maximum atomic E-state index is 5.38.